The highest BCUT2D eigenvalue weighted by Crippen LogP contribution is 2.27. The van der Waals surface area contributed by atoms with Crippen LogP contribution < -0.4 is 14.8 Å². The molecule has 0 unspecified atom stereocenters. The van der Waals surface area contributed by atoms with Crippen molar-refractivity contribution in [3.05, 3.63) is 94.5 Å². The highest BCUT2D eigenvalue weighted by atomic mass is 35.5. The van der Waals surface area contributed by atoms with Crippen molar-refractivity contribution in [3.63, 3.8) is 0 Å². The second-order valence-corrected chi connectivity index (χ2v) is 9.48. The predicted octanol–water partition coefficient (Wildman–Crippen LogP) is 3.86. The van der Waals surface area contributed by atoms with Crippen molar-refractivity contribution in [1.82, 2.24) is 10.0 Å². The fourth-order valence-electron chi connectivity index (χ4n) is 3.13. The SMILES string of the molecule is COc1ccc(S(=O)(=O)N[C@H](Cc2ccccc2)C(=O)NCc2ccc(C)cc2)cc1Cl. The number of rotatable bonds is 9. The van der Waals surface area contributed by atoms with Crippen LogP contribution in [0.25, 0.3) is 0 Å². The van der Waals surface area contributed by atoms with Gasteiger partial charge < -0.3 is 10.1 Å². The van der Waals surface area contributed by atoms with Gasteiger partial charge in [0, 0.05) is 6.54 Å². The molecule has 8 heteroatoms. The maximum Gasteiger partial charge on any atom is 0.241 e. The summed E-state index contributed by atoms with van der Waals surface area (Å²) in [6.07, 6.45) is 0.198. The molecule has 6 nitrogen and oxygen atoms in total. The summed E-state index contributed by atoms with van der Waals surface area (Å²) in [7, 11) is -2.57. The molecule has 3 aromatic rings. The standard InChI is InChI=1S/C24H25ClN2O4S/c1-17-8-10-19(11-9-17)16-26-24(28)22(14-18-6-4-3-5-7-18)27-32(29,30)20-12-13-23(31-2)21(25)15-20/h3-13,15,22,27H,14,16H2,1-2H3,(H,26,28)/t22-/m1/s1. The molecule has 0 heterocycles. The number of methoxy groups -OCH3 is 1. The number of carbonyl (C=O) groups excluding carboxylic acids is 1. The van der Waals surface area contributed by atoms with Gasteiger partial charge in [0.25, 0.3) is 0 Å². The van der Waals surface area contributed by atoms with Crippen LogP contribution in [0.15, 0.2) is 77.7 Å². The largest absolute Gasteiger partial charge is 0.495 e. The number of hydrogen-bond acceptors (Lipinski definition) is 4. The van der Waals surface area contributed by atoms with Gasteiger partial charge in [-0.15, -0.1) is 0 Å². The molecule has 0 bridgehead atoms. The van der Waals surface area contributed by atoms with E-state index in [0.29, 0.717) is 12.3 Å². The van der Waals surface area contributed by atoms with Crippen LogP contribution in [0.3, 0.4) is 0 Å². The summed E-state index contributed by atoms with van der Waals surface area (Å²) in [4.78, 5) is 12.9. The van der Waals surface area contributed by atoms with E-state index in [2.05, 4.69) is 10.0 Å². The number of sulfonamides is 1. The number of ether oxygens (including phenoxy) is 1. The minimum atomic E-state index is -4.01. The number of carbonyl (C=O) groups is 1. The van der Waals surface area contributed by atoms with Gasteiger partial charge in [-0.05, 0) is 42.7 Å². The van der Waals surface area contributed by atoms with E-state index in [1.165, 1.54) is 25.3 Å². The molecular weight excluding hydrogens is 448 g/mol. The number of halogens is 1. The van der Waals surface area contributed by atoms with E-state index in [-0.39, 0.29) is 16.3 Å². The Labute approximate surface area is 193 Å². The van der Waals surface area contributed by atoms with Crippen molar-refractivity contribution >= 4 is 27.5 Å². The molecule has 1 atom stereocenters. The van der Waals surface area contributed by atoms with E-state index in [0.717, 1.165) is 16.7 Å². The first-order valence-corrected chi connectivity index (χ1v) is 11.9. The van der Waals surface area contributed by atoms with Crippen LogP contribution in [-0.2, 0) is 27.8 Å². The van der Waals surface area contributed by atoms with Gasteiger partial charge in [0.1, 0.15) is 11.8 Å². The Morgan fingerprint density at radius 2 is 1.69 bits per heavy atom. The average Bonchev–Trinajstić information content (AvgIpc) is 2.78. The lowest BCUT2D eigenvalue weighted by atomic mass is 10.1. The first-order valence-electron chi connectivity index (χ1n) is 10.0. The molecule has 0 radical (unpaired) electrons. The van der Waals surface area contributed by atoms with Crippen LogP contribution >= 0.6 is 11.6 Å². The van der Waals surface area contributed by atoms with Crippen molar-refractivity contribution in [1.29, 1.82) is 0 Å². The van der Waals surface area contributed by atoms with E-state index in [1.54, 1.807) is 0 Å². The highest BCUT2D eigenvalue weighted by Gasteiger charge is 2.26. The van der Waals surface area contributed by atoms with Crippen LogP contribution in [0.1, 0.15) is 16.7 Å². The third-order valence-corrected chi connectivity index (χ3v) is 6.68. The number of benzene rings is 3. The first kappa shape index (κ1) is 23.8. The average molecular weight is 473 g/mol. The van der Waals surface area contributed by atoms with Gasteiger partial charge in [0.15, 0.2) is 0 Å². The van der Waals surface area contributed by atoms with Gasteiger partial charge in [0.2, 0.25) is 15.9 Å². The molecule has 0 aliphatic heterocycles. The number of hydrogen-bond donors (Lipinski definition) is 2. The summed E-state index contributed by atoms with van der Waals surface area (Å²) in [5.41, 5.74) is 2.87. The Morgan fingerprint density at radius 3 is 2.31 bits per heavy atom. The van der Waals surface area contributed by atoms with Crippen molar-refractivity contribution in [2.24, 2.45) is 0 Å². The van der Waals surface area contributed by atoms with Gasteiger partial charge in [-0.2, -0.15) is 4.72 Å². The van der Waals surface area contributed by atoms with Crippen LogP contribution in [0.4, 0.5) is 0 Å². The molecule has 3 rings (SSSR count). The van der Waals surface area contributed by atoms with Crippen molar-refractivity contribution in [3.8, 4) is 5.75 Å². The van der Waals surface area contributed by atoms with E-state index < -0.39 is 22.0 Å². The van der Waals surface area contributed by atoms with Crippen LogP contribution in [0.5, 0.6) is 5.75 Å². The molecule has 0 spiro atoms. The molecule has 32 heavy (non-hydrogen) atoms. The number of amides is 1. The fraction of sp³-hybridized carbons (Fsp3) is 0.208. The van der Waals surface area contributed by atoms with E-state index in [1.807, 2.05) is 61.5 Å². The molecule has 0 saturated carbocycles. The normalized spacial score (nSPS) is 12.2. The minimum Gasteiger partial charge on any atom is -0.495 e. The second kappa shape index (κ2) is 10.6. The third kappa shape index (κ3) is 6.32. The van der Waals surface area contributed by atoms with E-state index >= 15 is 0 Å². The van der Waals surface area contributed by atoms with Crippen LogP contribution in [0.2, 0.25) is 5.02 Å². The summed E-state index contributed by atoms with van der Waals surface area (Å²) in [5, 5.41) is 3.00. The second-order valence-electron chi connectivity index (χ2n) is 7.36. The molecular formula is C24H25ClN2O4S. The van der Waals surface area contributed by atoms with Crippen molar-refractivity contribution in [2.75, 3.05) is 7.11 Å². The molecule has 0 aliphatic carbocycles. The summed E-state index contributed by atoms with van der Waals surface area (Å²) in [6, 6.07) is 20.1. The highest BCUT2D eigenvalue weighted by molar-refractivity contribution is 7.89. The van der Waals surface area contributed by atoms with Gasteiger partial charge in [0.05, 0.1) is 17.0 Å². The summed E-state index contributed by atoms with van der Waals surface area (Å²) >= 11 is 6.10. The Bertz CT molecular complexity index is 1170. The zero-order valence-electron chi connectivity index (χ0n) is 17.8. The Balaban J connectivity index is 1.80. The Kier molecular flexibility index (Phi) is 7.90. The van der Waals surface area contributed by atoms with E-state index in [4.69, 9.17) is 16.3 Å². The molecule has 0 fully saturated rings. The molecule has 168 valence electrons. The van der Waals surface area contributed by atoms with Gasteiger partial charge in [-0.1, -0.05) is 71.8 Å². The maximum absolute atomic E-state index is 13.0. The lowest BCUT2D eigenvalue weighted by Gasteiger charge is -2.19. The topological polar surface area (TPSA) is 84.5 Å². The molecule has 3 aromatic carbocycles. The maximum atomic E-state index is 13.0. The van der Waals surface area contributed by atoms with Gasteiger partial charge in [-0.3, -0.25) is 4.79 Å². The zero-order valence-corrected chi connectivity index (χ0v) is 19.4. The predicted molar refractivity (Wildman–Crippen MR) is 125 cm³/mol. The number of nitrogens with one attached hydrogen (secondary N) is 2. The fourth-order valence-corrected chi connectivity index (χ4v) is 4.67. The van der Waals surface area contributed by atoms with E-state index in [9.17, 15) is 13.2 Å². The quantitative estimate of drug-likeness (QED) is 0.495. The monoisotopic (exact) mass is 472 g/mol. The molecule has 2 N–H and O–H groups in total. The van der Waals surface area contributed by atoms with Crippen molar-refractivity contribution < 1.29 is 17.9 Å². The number of aryl methyl sites for hydroxylation is 1. The summed E-state index contributed by atoms with van der Waals surface area (Å²) in [6.45, 7) is 2.28. The third-order valence-electron chi connectivity index (χ3n) is 4.92. The minimum absolute atomic E-state index is 0.0484. The lowest BCUT2D eigenvalue weighted by molar-refractivity contribution is -0.122. The lowest BCUT2D eigenvalue weighted by Crippen LogP contribution is -2.47. The smallest absolute Gasteiger partial charge is 0.241 e. The van der Waals surface area contributed by atoms with Gasteiger partial charge in [-0.25, -0.2) is 8.42 Å². The Morgan fingerprint density at radius 1 is 1.00 bits per heavy atom. The van der Waals surface area contributed by atoms with Crippen LogP contribution in [0, 0.1) is 6.92 Å². The van der Waals surface area contributed by atoms with Gasteiger partial charge >= 0.3 is 0 Å². The molecule has 1 amide bonds. The molecule has 0 aromatic heterocycles. The Hall–Kier alpha value is -2.87. The molecule has 0 saturated heterocycles. The van der Waals surface area contributed by atoms with Crippen LogP contribution in [-0.4, -0.2) is 27.5 Å². The first-order chi connectivity index (χ1) is 15.3. The zero-order chi connectivity index (χ0) is 23.1. The summed E-state index contributed by atoms with van der Waals surface area (Å²) in [5.74, 6) is -0.0556. The molecule has 0 aliphatic rings. The summed E-state index contributed by atoms with van der Waals surface area (Å²) < 4.78 is 33.6. The van der Waals surface area contributed by atoms with Crippen molar-refractivity contribution in [2.45, 2.75) is 30.8 Å².